The van der Waals surface area contributed by atoms with E-state index in [9.17, 15) is 0 Å². The summed E-state index contributed by atoms with van der Waals surface area (Å²) in [6, 6.07) is 10.6. The fourth-order valence-electron chi connectivity index (χ4n) is 2.68. The van der Waals surface area contributed by atoms with Crippen LogP contribution in [0, 0.1) is 0 Å². The summed E-state index contributed by atoms with van der Waals surface area (Å²) in [4.78, 5) is 10.9. The summed E-state index contributed by atoms with van der Waals surface area (Å²) < 4.78 is 0. The molecule has 2 aromatic rings. The number of nitrogens with two attached hydrogens (primary N) is 1. The average Bonchev–Trinajstić information content (AvgIpc) is 2.51. The quantitative estimate of drug-likeness (QED) is 0.904. The molecule has 1 fully saturated rings. The number of nitrogens with one attached hydrogen (secondary N) is 1. The largest absolute Gasteiger partial charge is 0.368 e. The molecule has 3 rings (SSSR count). The first kappa shape index (κ1) is 13.8. The van der Waals surface area contributed by atoms with Gasteiger partial charge in [0, 0.05) is 17.8 Å². The molecule has 5 nitrogen and oxygen atoms in total. The van der Waals surface area contributed by atoms with Gasteiger partial charge in [0.05, 0.1) is 0 Å². The lowest BCUT2D eigenvalue weighted by atomic mass is 10.0. The third-order valence-corrected chi connectivity index (χ3v) is 3.95. The van der Waals surface area contributed by atoms with E-state index >= 15 is 0 Å². The molecule has 5 heteroatoms. The Morgan fingerprint density at radius 3 is 2.62 bits per heavy atom. The minimum atomic E-state index is 0.310. The van der Waals surface area contributed by atoms with E-state index in [1.165, 1.54) is 0 Å². The van der Waals surface area contributed by atoms with Gasteiger partial charge in [-0.05, 0) is 38.5 Å². The molecule has 21 heavy (non-hydrogen) atoms. The lowest BCUT2D eigenvalue weighted by Crippen LogP contribution is -2.37. The van der Waals surface area contributed by atoms with Crippen molar-refractivity contribution in [3.63, 3.8) is 0 Å². The van der Waals surface area contributed by atoms with Crippen LogP contribution in [0.15, 0.2) is 36.5 Å². The first-order valence-electron chi connectivity index (χ1n) is 7.35. The van der Waals surface area contributed by atoms with E-state index in [4.69, 9.17) is 5.73 Å². The molecule has 3 N–H and O–H groups in total. The molecule has 1 aliphatic rings. The summed E-state index contributed by atoms with van der Waals surface area (Å²) in [5.74, 6) is 1.15. The van der Waals surface area contributed by atoms with E-state index in [0.717, 1.165) is 42.9 Å². The molecule has 1 aromatic carbocycles. The molecule has 0 atom stereocenters. The number of benzene rings is 1. The van der Waals surface area contributed by atoms with Gasteiger partial charge in [-0.25, -0.2) is 4.98 Å². The highest BCUT2D eigenvalue weighted by atomic mass is 15.1. The van der Waals surface area contributed by atoms with Crippen LogP contribution in [-0.4, -0.2) is 41.0 Å². The maximum absolute atomic E-state index is 5.76. The zero-order valence-electron chi connectivity index (χ0n) is 12.3. The molecule has 1 aromatic heterocycles. The van der Waals surface area contributed by atoms with Crippen molar-refractivity contribution in [2.45, 2.75) is 18.9 Å². The number of hydrogen-bond acceptors (Lipinski definition) is 5. The summed E-state index contributed by atoms with van der Waals surface area (Å²) in [5.41, 5.74) is 7.87. The molecular weight excluding hydrogens is 262 g/mol. The molecule has 0 amide bonds. The van der Waals surface area contributed by atoms with Crippen LogP contribution in [0.2, 0.25) is 0 Å². The van der Waals surface area contributed by atoms with Crippen LogP contribution in [0.25, 0.3) is 11.1 Å². The van der Waals surface area contributed by atoms with Crippen LogP contribution in [0.5, 0.6) is 0 Å². The molecule has 1 saturated heterocycles. The summed E-state index contributed by atoms with van der Waals surface area (Å²) in [7, 11) is 2.16. The van der Waals surface area contributed by atoms with Gasteiger partial charge in [0.1, 0.15) is 5.82 Å². The second-order valence-corrected chi connectivity index (χ2v) is 5.58. The monoisotopic (exact) mass is 283 g/mol. The Morgan fingerprint density at radius 2 is 1.90 bits per heavy atom. The Bertz CT molecular complexity index is 591. The third kappa shape index (κ3) is 3.31. The van der Waals surface area contributed by atoms with Crippen molar-refractivity contribution < 1.29 is 0 Å². The summed E-state index contributed by atoms with van der Waals surface area (Å²) in [6.45, 7) is 2.22. The lowest BCUT2D eigenvalue weighted by Gasteiger charge is -2.30. The number of nitrogen functional groups attached to an aromatic ring is 1. The molecule has 0 aliphatic carbocycles. The zero-order valence-corrected chi connectivity index (χ0v) is 12.3. The Morgan fingerprint density at radius 1 is 1.19 bits per heavy atom. The molecule has 0 unspecified atom stereocenters. The van der Waals surface area contributed by atoms with Crippen LogP contribution in [0.3, 0.4) is 0 Å². The SMILES string of the molecule is CN1CCC(Nc2nc(N)ncc2-c2ccccc2)CC1. The van der Waals surface area contributed by atoms with Gasteiger partial charge in [0.2, 0.25) is 5.95 Å². The van der Waals surface area contributed by atoms with Gasteiger partial charge in [-0.15, -0.1) is 0 Å². The first-order valence-corrected chi connectivity index (χ1v) is 7.35. The van der Waals surface area contributed by atoms with Crippen molar-refractivity contribution in [3.05, 3.63) is 36.5 Å². The number of hydrogen-bond donors (Lipinski definition) is 2. The van der Waals surface area contributed by atoms with E-state index < -0.39 is 0 Å². The van der Waals surface area contributed by atoms with Gasteiger partial charge in [-0.3, -0.25) is 0 Å². The van der Waals surface area contributed by atoms with Crippen molar-refractivity contribution in [2.24, 2.45) is 0 Å². The fourth-order valence-corrected chi connectivity index (χ4v) is 2.68. The van der Waals surface area contributed by atoms with Crippen molar-refractivity contribution in [1.29, 1.82) is 0 Å². The van der Waals surface area contributed by atoms with E-state index in [0.29, 0.717) is 12.0 Å². The number of anilines is 2. The maximum Gasteiger partial charge on any atom is 0.221 e. The molecule has 110 valence electrons. The Balaban J connectivity index is 1.85. The molecule has 0 spiro atoms. The molecule has 1 aliphatic heterocycles. The maximum atomic E-state index is 5.76. The highest BCUT2D eigenvalue weighted by Crippen LogP contribution is 2.27. The van der Waals surface area contributed by atoms with Gasteiger partial charge in [-0.2, -0.15) is 4.98 Å². The number of nitrogens with zero attached hydrogens (tertiary/aromatic N) is 3. The fraction of sp³-hybridized carbons (Fsp3) is 0.375. The normalized spacial score (nSPS) is 16.8. The van der Waals surface area contributed by atoms with Gasteiger partial charge >= 0.3 is 0 Å². The van der Waals surface area contributed by atoms with Crippen LogP contribution >= 0.6 is 0 Å². The van der Waals surface area contributed by atoms with Gasteiger partial charge in [0.25, 0.3) is 0 Å². The summed E-state index contributed by atoms with van der Waals surface area (Å²) in [5, 5.41) is 3.55. The minimum absolute atomic E-state index is 0.310. The van der Waals surface area contributed by atoms with Crippen LogP contribution < -0.4 is 11.1 Å². The highest BCUT2D eigenvalue weighted by Gasteiger charge is 2.18. The molecule has 0 radical (unpaired) electrons. The smallest absolute Gasteiger partial charge is 0.221 e. The average molecular weight is 283 g/mol. The Hall–Kier alpha value is -2.14. The number of rotatable bonds is 3. The van der Waals surface area contributed by atoms with Crippen LogP contribution in [0.1, 0.15) is 12.8 Å². The van der Waals surface area contributed by atoms with Crippen molar-refractivity contribution in [2.75, 3.05) is 31.2 Å². The van der Waals surface area contributed by atoms with Gasteiger partial charge in [-0.1, -0.05) is 30.3 Å². The van der Waals surface area contributed by atoms with E-state index in [1.54, 1.807) is 6.20 Å². The van der Waals surface area contributed by atoms with E-state index in [-0.39, 0.29) is 0 Å². The third-order valence-electron chi connectivity index (χ3n) is 3.95. The minimum Gasteiger partial charge on any atom is -0.368 e. The zero-order chi connectivity index (χ0) is 14.7. The predicted molar refractivity (Wildman–Crippen MR) is 86.0 cm³/mol. The number of piperidine rings is 1. The Labute approximate surface area is 125 Å². The van der Waals surface area contributed by atoms with Gasteiger partial charge in [0.15, 0.2) is 0 Å². The van der Waals surface area contributed by atoms with E-state index in [1.807, 2.05) is 18.2 Å². The summed E-state index contributed by atoms with van der Waals surface area (Å²) in [6.07, 6.45) is 4.04. The number of likely N-dealkylation sites (tertiary alicyclic amines) is 1. The topological polar surface area (TPSA) is 67.1 Å². The highest BCUT2D eigenvalue weighted by molar-refractivity contribution is 5.75. The van der Waals surface area contributed by atoms with E-state index in [2.05, 4.69) is 39.4 Å². The molecular formula is C16H21N5. The Kier molecular flexibility index (Phi) is 4.01. The van der Waals surface area contributed by atoms with Gasteiger partial charge < -0.3 is 16.0 Å². The predicted octanol–water partition coefficient (Wildman–Crippen LogP) is 2.23. The van der Waals surface area contributed by atoms with Crippen LogP contribution in [-0.2, 0) is 0 Å². The standard InChI is InChI=1S/C16H21N5/c1-21-9-7-13(8-10-21)19-15-14(11-18-16(17)20-15)12-5-3-2-4-6-12/h2-6,11,13H,7-10H2,1H3,(H3,17,18,19,20). The van der Waals surface area contributed by atoms with Crippen molar-refractivity contribution >= 4 is 11.8 Å². The second-order valence-electron chi connectivity index (χ2n) is 5.58. The molecule has 0 bridgehead atoms. The number of aromatic nitrogens is 2. The second kappa shape index (κ2) is 6.10. The first-order chi connectivity index (χ1) is 10.2. The lowest BCUT2D eigenvalue weighted by molar-refractivity contribution is 0.263. The van der Waals surface area contributed by atoms with Crippen molar-refractivity contribution in [1.82, 2.24) is 14.9 Å². The molecule has 0 saturated carbocycles. The van der Waals surface area contributed by atoms with Crippen molar-refractivity contribution in [3.8, 4) is 11.1 Å². The molecule has 2 heterocycles. The van der Waals surface area contributed by atoms with Crippen LogP contribution in [0.4, 0.5) is 11.8 Å². The summed E-state index contributed by atoms with van der Waals surface area (Å²) >= 11 is 0.